The molecule has 1 fully saturated rings. The molecule has 0 bridgehead atoms. The maximum Gasteiger partial charge on any atom is 0.258 e. The quantitative estimate of drug-likeness (QED) is 0.723. The van der Waals surface area contributed by atoms with Gasteiger partial charge in [-0.2, -0.15) is 0 Å². The van der Waals surface area contributed by atoms with E-state index in [1.807, 2.05) is 30.0 Å². The molecule has 0 spiro atoms. The summed E-state index contributed by atoms with van der Waals surface area (Å²) in [4.78, 5) is 19.8. The second-order valence-corrected chi connectivity index (χ2v) is 8.47. The van der Waals surface area contributed by atoms with E-state index < -0.39 is 0 Å². The van der Waals surface area contributed by atoms with Crippen molar-refractivity contribution in [3.63, 3.8) is 0 Å². The van der Waals surface area contributed by atoms with Gasteiger partial charge in [0.1, 0.15) is 5.75 Å². The fourth-order valence-corrected chi connectivity index (χ4v) is 4.25. The number of methoxy groups -OCH3 is 1. The van der Waals surface area contributed by atoms with Crippen molar-refractivity contribution < 1.29 is 9.53 Å². The molecule has 0 aromatic heterocycles. The highest BCUT2D eigenvalue weighted by atomic mass is 79.9. The number of piperazine rings is 1. The first kappa shape index (κ1) is 19.3. The molecule has 4 rings (SSSR count). The monoisotopic (exact) mass is 443 g/mol. The summed E-state index contributed by atoms with van der Waals surface area (Å²) in [6.07, 6.45) is 0.857. The Bertz CT molecular complexity index is 907. The summed E-state index contributed by atoms with van der Waals surface area (Å²) >= 11 is 3.51. The second kappa shape index (κ2) is 7.76. The van der Waals surface area contributed by atoms with Crippen molar-refractivity contribution in [3.05, 3.63) is 51.5 Å². The molecule has 2 aliphatic rings. The Labute approximate surface area is 175 Å². The van der Waals surface area contributed by atoms with Gasteiger partial charge >= 0.3 is 0 Å². The number of benzene rings is 2. The van der Waals surface area contributed by atoms with Gasteiger partial charge in [0.25, 0.3) is 5.91 Å². The van der Waals surface area contributed by atoms with Crippen LogP contribution in [0.25, 0.3) is 0 Å². The zero-order chi connectivity index (χ0) is 19.8. The molecule has 2 aliphatic heterocycles. The van der Waals surface area contributed by atoms with E-state index in [1.165, 1.54) is 5.56 Å². The summed E-state index contributed by atoms with van der Waals surface area (Å²) < 4.78 is 6.72. The normalized spacial score (nSPS) is 17.0. The van der Waals surface area contributed by atoms with Crippen LogP contribution >= 0.6 is 15.9 Å². The summed E-state index contributed by atoms with van der Waals surface area (Å²) in [5.74, 6) is 0.959. The van der Waals surface area contributed by atoms with Crippen molar-refractivity contribution >= 4 is 33.2 Å². The molecule has 0 aliphatic carbocycles. The van der Waals surface area contributed by atoms with E-state index in [4.69, 9.17) is 4.74 Å². The first-order valence-corrected chi connectivity index (χ1v) is 10.5. The van der Waals surface area contributed by atoms with Crippen LogP contribution in [-0.4, -0.2) is 57.7 Å². The van der Waals surface area contributed by atoms with Gasteiger partial charge in [-0.05, 0) is 61.9 Å². The number of fused-ring (bicyclic) bond motifs is 1. The third-order valence-electron chi connectivity index (χ3n) is 5.77. The van der Waals surface area contributed by atoms with Crippen molar-refractivity contribution in [1.29, 1.82) is 0 Å². The number of ether oxygens (including phenoxy) is 1. The van der Waals surface area contributed by atoms with E-state index in [0.717, 1.165) is 65.3 Å². The van der Waals surface area contributed by atoms with Crippen molar-refractivity contribution in [2.24, 2.45) is 0 Å². The van der Waals surface area contributed by atoms with Gasteiger partial charge in [0, 0.05) is 48.4 Å². The number of aryl methyl sites for hydroxylation is 1. The lowest BCUT2D eigenvalue weighted by Crippen LogP contribution is -2.44. The number of anilines is 2. The average molecular weight is 444 g/mol. The van der Waals surface area contributed by atoms with E-state index in [1.54, 1.807) is 7.11 Å². The summed E-state index contributed by atoms with van der Waals surface area (Å²) in [6.45, 7) is 6.70. The van der Waals surface area contributed by atoms with E-state index in [0.29, 0.717) is 6.54 Å². The maximum atomic E-state index is 13.2. The summed E-state index contributed by atoms with van der Waals surface area (Å²) in [5, 5.41) is 0. The first-order valence-electron chi connectivity index (χ1n) is 9.70. The van der Waals surface area contributed by atoms with Crippen LogP contribution in [0.4, 0.5) is 11.4 Å². The zero-order valence-corrected chi connectivity index (χ0v) is 18.3. The van der Waals surface area contributed by atoms with E-state index in [9.17, 15) is 4.79 Å². The third-order valence-corrected chi connectivity index (χ3v) is 6.66. The van der Waals surface area contributed by atoms with Gasteiger partial charge in [-0.1, -0.05) is 15.9 Å². The van der Waals surface area contributed by atoms with Gasteiger partial charge in [0.15, 0.2) is 0 Å². The van der Waals surface area contributed by atoms with Crippen LogP contribution < -0.4 is 14.5 Å². The van der Waals surface area contributed by atoms with E-state index in [2.05, 4.69) is 44.9 Å². The van der Waals surface area contributed by atoms with Crippen LogP contribution in [0.2, 0.25) is 0 Å². The molecule has 0 N–H and O–H groups in total. The predicted octanol–water partition coefficient (Wildman–Crippen LogP) is 3.72. The number of hydrogen-bond donors (Lipinski definition) is 0. The van der Waals surface area contributed by atoms with Crippen LogP contribution in [0.5, 0.6) is 5.75 Å². The lowest BCUT2D eigenvalue weighted by Gasteiger charge is -2.35. The number of likely N-dealkylation sites (N-methyl/N-ethyl adjacent to an activating group) is 1. The largest absolute Gasteiger partial charge is 0.495 e. The minimum Gasteiger partial charge on any atom is -0.495 e. The summed E-state index contributed by atoms with van der Waals surface area (Å²) in [7, 11) is 3.88. The van der Waals surface area contributed by atoms with Crippen LogP contribution in [0.15, 0.2) is 34.8 Å². The number of halogens is 1. The maximum absolute atomic E-state index is 13.2. The van der Waals surface area contributed by atoms with Crippen molar-refractivity contribution in [1.82, 2.24) is 4.90 Å². The lowest BCUT2D eigenvalue weighted by molar-refractivity contribution is 0.0989. The first-order chi connectivity index (χ1) is 13.5. The SMILES string of the molecule is COc1cc2c(cc1N1CCN(C)CC1)N(C(=O)c1ccc(Br)c(C)c1)CC2. The molecule has 2 heterocycles. The molecular formula is C22H26BrN3O2. The number of carbonyl (C=O) groups is 1. The Kier molecular flexibility index (Phi) is 5.34. The molecule has 6 heteroatoms. The average Bonchev–Trinajstić information content (AvgIpc) is 3.12. The Morgan fingerprint density at radius 2 is 1.79 bits per heavy atom. The van der Waals surface area contributed by atoms with Crippen LogP contribution in [0, 0.1) is 6.92 Å². The molecule has 28 heavy (non-hydrogen) atoms. The van der Waals surface area contributed by atoms with E-state index >= 15 is 0 Å². The second-order valence-electron chi connectivity index (χ2n) is 7.61. The Morgan fingerprint density at radius 1 is 1.04 bits per heavy atom. The van der Waals surface area contributed by atoms with Crippen molar-refractivity contribution in [3.8, 4) is 5.75 Å². The number of rotatable bonds is 3. The summed E-state index contributed by atoms with van der Waals surface area (Å²) in [6, 6.07) is 10.1. The minimum absolute atomic E-state index is 0.0591. The number of hydrogen-bond acceptors (Lipinski definition) is 4. The fourth-order valence-electron chi connectivity index (χ4n) is 4.01. The van der Waals surface area contributed by atoms with Gasteiger partial charge in [-0.15, -0.1) is 0 Å². The highest BCUT2D eigenvalue weighted by Crippen LogP contribution is 2.40. The van der Waals surface area contributed by atoms with Crippen molar-refractivity contribution in [2.75, 3.05) is 56.7 Å². The molecule has 2 aromatic rings. The van der Waals surface area contributed by atoms with Gasteiger partial charge in [0.2, 0.25) is 0 Å². The smallest absolute Gasteiger partial charge is 0.258 e. The molecule has 0 saturated carbocycles. The lowest BCUT2D eigenvalue weighted by atomic mass is 10.1. The standard InChI is InChI=1S/C22H26BrN3O2/c1-15-12-17(4-5-18(15)23)22(27)26-7-6-16-13-21(28-3)20(14-19(16)26)25-10-8-24(2)9-11-25/h4-5,12-14H,6-11H2,1-3H3. The van der Waals surface area contributed by atoms with Crippen LogP contribution in [0.1, 0.15) is 21.5 Å². The molecule has 1 amide bonds. The Hall–Kier alpha value is -2.05. The number of nitrogens with zero attached hydrogens (tertiary/aromatic N) is 3. The third kappa shape index (κ3) is 3.51. The molecule has 1 saturated heterocycles. The molecule has 0 radical (unpaired) electrons. The molecule has 0 atom stereocenters. The Balaban J connectivity index is 1.67. The van der Waals surface area contributed by atoms with Crippen LogP contribution in [0.3, 0.4) is 0 Å². The highest BCUT2D eigenvalue weighted by Gasteiger charge is 2.29. The van der Waals surface area contributed by atoms with Gasteiger partial charge in [-0.3, -0.25) is 4.79 Å². The minimum atomic E-state index is 0.0591. The predicted molar refractivity (Wildman–Crippen MR) is 117 cm³/mol. The molecular weight excluding hydrogens is 418 g/mol. The van der Waals surface area contributed by atoms with Gasteiger partial charge < -0.3 is 19.4 Å². The van der Waals surface area contributed by atoms with Gasteiger partial charge in [0.05, 0.1) is 12.8 Å². The van der Waals surface area contributed by atoms with E-state index in [-0.39, 0.29) is 5.91 Å². The van der Waals surface area contributed by atoms with Crippen LogP contribution in [-0.2, 0) is 6.42 Å². The molecule has 148 valence electrons. The molecule has 5 nitrogen and oxygen atoms in total. The zero-order valence-electron chi connectivity index (χ0n) is 16.7. The van der Waals surface area contributed by atoms with Crippen molar-refractivity contribution in [2.45, 2.75) is 13.3 Å². The summed E-state index contributed by atoms with van der Waals surface area (Å²) in [5.41, 5.74) is 5.07. The topological polar surface area (TPSA) is 36.0 Å². The highest BCUT2D eigenvalue weighted by molar-refractivity contribution is 9.10. The van der Waals surface area contributed by atoms with Gasteiger partial charge in [-0.25, -0.2) is 0 Å². The number of carbonyl (C=O) groups excluding carboxylic acids is 1. The molecule has 2 aromatic carbocycles. The number of amides is 1. The molecule has 0 unspecified atom stereocenters. The Morgan fingerprint density at radius 3 is 2.46 bits per heavy atom. The fraction of sp³-hybridized carbons (Fsp3) is 0.409.